The smallest absolute Gasteiger partial charge is 0.121 e. The van der Waals surface area contributed by atoms with Gasteiger partial charge in [-0.3, -0.25) is 0 Å². The molecular weight excluding hydrogens is 232 g/mol. The Bertz CT molecular complexity index is 336. The number of phenols is 1. The lowest BCUT2D eigenvalue weighted by molar-refractivity contribution is 0.152. The second-order valence-electron chi connectivity index (χ2n) is 3.37. The first-order chi connectivity index (χ1) is 6.20. The maximum absolute atomic E-state index is 9.69. The van der Waals surface area contributed by atoms with E-state index in [-0.39, 0.29) is 5.75 Å². The fraction of sp³-hybridized carbons (Fsp3) is 0.400. The first-order valence-corrected chi connectivity index (χ1v) is 5.17. The van der Waals surface area contributed by atoms with E-state index in [1.54, 1.807) is 6.07 Å². The molecule has 0 heterocycles. The molecule has 1 unspecified atom stereocenters. The van der Waals surface area contributed by atoms with Gasteiger partial charge in [-0.05, 0) is 37.0 Å². The largest absolute Gasteiger partial charge is 0.508 e. The van der Waals surface area contributed by atoms with Gasteiger partial charge in [0.2, 0.25) is 0 Å². The van der Waals surface area contributed by atoms with Crippen LogP contribution in [0.1, 0.15) is 30.1 Å². The molecule has 0 bridgehead atoms. The summed E-state index contributed by atoms with van der Waals surface area (Å²) in [7, 11) is 0. The molecule has 2 rings (SSSR count). The Morgan fingerprint density at radius 3 is 2.85 bits per heavy atom. The minimum absolute atomic E-state index is 0.213. The number of aliphatic hydroxyl groups is 1. The monoisotopic (exact) mass is 242 g/mol. The molecule has 1 atom stereocenters. The molecule has 1 aliphatic rings. The van der Waals surface area contributed by atoms with Gasteiger partial charge in [0.05, 0.1) is 6.10 Å². The maximum Gasteiger partial charge on any atom is 0.121 e. The lowest BCUT2D eigenvalue weighted by Crippen LogP contribution is -2.09. The molecule has 0 aliphatic heterocycles. The van der Waals surface area contributed by atoms with Crippen molar-refractivity contribution in [1.82, 2.24) is 0 Å². The molecule has 1 aliphatic carbocycles. The molecular formula is C10H11BrO2. The summed E-state index contributed by atoms with van der Waals surface area (Å²) in [6.45, 7) is 0. The van der Waals surface area contributed by atoms with E-state index in [1.165, 1.54) is 0 Å². The number of phenolic OH excluding ortho intramolecular Hbond substituents is 1. The van der Waals surface area contributed by atoms with Crippen LogP contribution in [0.2, 0.25) is 0 Å². The molecule has 0 spiro atoms. The average molecular weight is 243 g/mol. The number of aliphatic hydroxyl groups excluding tert-OH is 1. The van der Waals surface area contributed by atoms with Gasteiger partial charge in [-0.2, -0.15) is 0 Å². The molecule has 2 N–H and O–H groups in total. The molecule has 13 heavy (non-hydrogen) atoms. The van der Waals surface area contributed by atoms with E-state index < -0.39 is 6.10 Å². The van der Waals surface area contributed by atoms with E-state index >= 15 is 0 Å². The van der Waals surface area contributed by atoms with Gasteiger partial charge >= 0.3 is 0 Å². The van der Waals surface area contributed by atoms with Crippen LogP contribution in [0.4, 0.5) is 0 Å². The van der Waals surface area contributed by atoms with Crippen LogP contribution >= 0.6 is 15.9 Å². The number of rotatable bonds is 0. The van der Waals surface area contributed by atoms with E-state index in [4.69, 9.17) is 0 Å². The van der Waals surface area contributed by atoms with Crippen LogP contribution in [0.5, 0.6) is 5.75 Å². The van der Waals surface area contributed by atoms with Crippen molar-refractivity contribution in [2.45, 2.75) is 25.4 Å². The molecule has 0 fully saturated rings. The summed E-state index contributed by atoms with van der Waals surface area (Å²) in [6, 6.07) is 3.45. The third-order valence-electron chi connectivity index (χ3n) is 2.51. The summed E-state index contributed by atoms with van der Waals surface area (Å²) < 4.78 is 0.985. The van der Waals surface area contributed by atoms with Gasteiger partial charge in [0.25, 0.3) is 0 Å². The van der Waals surface area contributed by atoms with Crippen molar-refractivity contribution in [1.29, 1.82) is 0 Å². The maximum atomic E-state index is 9.69. The van der Waals surface area contributed by atoms with E-state index in [1.807, 2.05) is 6.07 Å². The topological polar surface area (TPSA) is 40.5 Å². The number of hydrogen-bond acceptors (Lipinski definition) is 2. The molecule has 70 valence electrons. The average Bonchev–Trinajstić information content (AvgIpc) is 2.12. The molecule has 0 radical (unpaired) electrons. The number of aromatic hydroxyl groups is 1. The zero-order chi connectivity index (χ0) is 9.42. The summed E-state index contributed by atoms with van der Waals surface area (Å²) >= 11 is 3.42. The molecule has 0 amide bonds. The van der Waals surface area contributed by atoms with Gasteiger partial charge in [-0.1, -0.05) is 15.9 Å². The molecule has 0 aromatic heterocycles. The minimum Gasteiger partial charge on any atom is -0.508 e. The van der Waals surface area contributed by atoms with Gasteiger partial charge in [0, 0.05) is 10.0 Å². The van der Waals surface area contributed by atoms with E-state index in [0.717, 1.165) is 29.3 Å². The van der Waals surface area contributed by atoms with Crippen molar-refractivity contribution in [2.24, 2.45) is 0 Å². The fourth-order valence-electron chi connectivity index (χ4n) is 1.87. The SMILES string of the molecule is Oc1ccc(Br)c2c1C(O)CCC2. The summed E-state index contributed by atoms with van der Waals surface area (Å²) in [4.78, 5) is 0. The van der Waals surface area contributed by atoms with Crippen LogP contribution in [0.25, 0.3) is 0 Å². The summed E-state index contributed by atoms with van der Waals surface area (Å²) in [6.07, 6.45) is 2.16. The van der Waals surface area contributed by atoms with Crippen molar-refractivity contribution < 1.29 is 10.2 Å². The van der Waals surface area contributed by atoms with Crippen molar-refractivity contribution >= 4 is 15.9 Å². The Balaban J connectivity index is 2.60. The first-order valence-electron chi connectivity index (χ1n) is 4.38. The highest BCUT2D eigenvalue weighted by molar-refractivity contribution is 9.10. The molecule has 1 aromatic carbocycles. The predicted molar refractivity (Wildman–Crippen MR) is 53.7 cm³/mol. The Morgan fingerprint density at radius 1 is 1.38 bits per heavy atom. The van der Waals surface area contributed by atoms with Crippen molar-refractivity contribution in [2.75, 3.05) is 0 Å². The number of hydrogen-bond donors (Lipinski definition) is 2. The Morgan fingerprint density at radius 2 is 2.15 bits per heavy atom. The van der Waals surface area contributed by atoms with Gasteiger partial charge in [0.1, 0.15) is 5.75 Å². The normalized spacial score (nSPS) is 21.2. The number of benzene rings is 1. The van der Waals surface area contributed by atoms with E-state index in [0.29, 0.717) is 5.56 Å². The zero-order valence-corrected chi connectivity index (χ0v) is 8.71. The van der Waals surface area contributed by atoms with Gasteiger partial charge in [0.15, 0.2) is 0 Å². The zero-order valence-electron chi connectivity index (χ0n) is 7.13. The number of halogens is 1. The third-order valence-corrected chi connectivity index (χ3v) is 3.26. The first kappa shape index (κ1) is 9.03. The fourth-order valence-corrected chi connectivity index (χ4v) is 2.41. The van der Waals surface area contributed by atoms with Crippen LogP contribution < -0.4 is 0 Å². The molecule has 0 saturated carbocycles. The van der Waals surface area contributed by atoms with E-state index in [9.17, 15) is 10.2 Å². The highest BCUT2D eigenvalue weighted by Crippen LogP contribution is 2.39. The molecule has 2 nitrogen and oxygen atoms in total. The second-order valence-corrected chi connectivity index (χ2v) is 4.22. The summed E-state index contributed by atoms with van der Waals surface area (Å²) in [5, 5.41) is 19.3. The standard InChI is InChI=1S/C10H11BrO2/c11-7-4-5-9(13)10-6(7)2-1-3-8(10)12/h4-5,8,12-13H,1-3H2. The Hall–Kier alpha value is -0.540. The van der Waals surface area contributed by atoms with Gasteiger partial charge in [-0.15, -0.1) is 0 Å². The summed E-state index contributed by atoms with van der Waals surface area (Å²) in [5.74, 6) is 0.213. The van der Waals surface area contributed by atoms with Crippen LogP contribution in [-0.2, 0) is 6.42 Å². The minimum atomic E-state index is -0.499. The summed E-state index contributed by atoms with van der Waals surface area (Å²) in [5.41, 5.74) is 1.76. The molecule has 0 saturated heterocycles. The molecule has 1 aromatic rings. The molecule has 3 heteroatoms. The van der Waals surface area contributed by atoms with Crippen molar-refractivity contribution in [3.63, 3.8) is 0 Å². The third kappa shape index (κ3) is 1.46. The van der Waals surface area contributed by atoms with Crippen LogP contribution in [0, 0.1) is 0 Å². The Labute approximate surface area is 85.3 Å². The predicted octanol–water partition coefficient (Wildman–Crippen LogP) is 2.52. The van der Waals surface area contributed by atoms with Crippen molar-refractivity contribution in [3.8, 4) is 5.75 Å². The van der Waals surface area contributed by atoms with Crippen LogP contribution in [0.15, 0.2) is 16.6 Å². The highest BCUT2D eigenvalue weighted by atomic mass is 79.9. The van der Waals surface area contributed by atoms with E-state index in [2.05, 4.69) is 15.9 Å². The lowest BCUT2D eigenvalue weighted by Gasteiger charge is -2.23. The quantitative estimate of drug-likeness (QED) is 0.735. The highest BCUT2D eigenvalue weighted by Gasteiger charge is 2.22. The van der Waals surface area contributed by atoms with Crippen LogP contribution in [-0.4, -0.2) is 10.2 Å². The van der Waals surface area contributed by atoms with Crippen LogP contribution in [0.3, 0.4) is 0 Å². The van der Waals surface area contributed by atoms with Gasteiger partial charge in [-0.25, -0.2) is 0 Å². The Kier molecular flexibility index (Phi) is 2.30. The van der Waals surface area contributed by atoms with Gasteiger partial charge < -0.3 is 10.2 Å². The number of fused-ring (bicyclic) bond motifs is 1. The second kappa shape index (κ2) is 3.31. The van der Waals surface area contributed by atoms with Crippen molar-refractivity contribution in [3.05, 3.63) is 27.7 Å². The lowest BCUT2D eigenvalue weighted by atomic mass is 9.89.